The van der Waals surface area contributed by atoms with Crippen LogP contribution in [0.15, 0.2) is 108 Å². The summed E-state index contributed by atoms with van der Waals surface area (Å²) in [6, 6.07) is 35.0. The Morgan fingerprint density at radius 2 is 1.24 bits per heavy atom. The van der Waals surface area contributed by atoms with Gasteiger partial charge >= 0.3 is 0 Å². The largest absolute Gasteiger partial charge is 0.485 e. The lowest BCUT2D eigenvalue weighted by molar-refractivity contribution is 0.132. The van der Waals surface area contributed by atoms with Gasteiger partial charge in [-0.15, -0.1) is 0 Å². The van der Waals surface area contributed by atoms with Gasteiger partial charge in [0.15, 0.2) is 11.5 Å². The van der Waals surface area contributed by atoms with Crippen LogP contribution in [0.25, 0.3) is 0 Å². The van der Waals surface area contributed by atoms with Gasteiger partial charge in [-0.1, -0.05) is 78.0 Å². The van der Waals surface area contributed by atoms with Crippen molar-refractivity contribution in [3.05, 3.63) is 131 Å². The predicted octanol–water partition coefficient (Wildman–Crippen LogP) is 6.27. The quantitative estimate of drug-likeness (QED) is 0.212. The van der Waals surface area contributed by atoms with Crippen molar-refractivity contribution in [1.82, 2.24) is 0 Å². The first-order chi connectivity index (χ1) is 16.8. The molecule has 0 N–H and O–H groups in total. The van der Waals surface area contributed by atoms with Gasteiger partial charge in [0.25, 0.3) is 0 Å². The molecule has 0 spiro atoms. The Balaban J connectivity index is 1.42. The van der Waals surface area contributed by atoms with Crippen LogP contribution in [0.2, 0.25) is 0 Å². The molecule has 0 radical (unpaired) electrons. The smallest absolute Gasteiger partial charge is 0.162 e. The highest BCUT2D eigenvalue weighted by atomic mass is 16.6. The molecule has 5 nitrogen and oxygen atoms in total. The molecule has 0 fully saturated rings. The van der Waals surface area contributed by atoms with Crippen LogP contribution < -0.4 is 9.47 Å². The summed E-state index contributed by atoms with van der Waals surface area (Å²) in [5.74, 6) is 1.30. The van der Waals surface area contributed by atoms with Gasteiger partial charge in [0, 0.05) is 5.56 Å². The van der Waals surface area contributed by atoms with Crippen LogP contribution in [-0.2, 0) is 24.7 Å². The Bertz CT molecular complexity index is 1250. The molecule has 0 atom stereocenters. The monoisotopic (exact) mass is 448 g/mol. The summed E-state index contributed by atoms with van der Waals surface area (Å²) >= 11 is 0. The topological polar surface area (TPSA) is 63.8 Å². The second kappa shape index (κ2) is 11.9. The lowest BCUT2D eigenvalue weighted by Crippen LogP contribution is -2.01. The summed E-state index contributed by atoms with van der Waals surface area (Å²) in [5.41, 5.74) is 4.53. The van der Waals surface area contributed by atoms with Gasteiger partial charge < -0.3 is 14.3 Å². The van der Waals surface area contributed by atoms with Crippen LogP contribution >= 0.6 is 0 Å². The maximum absolute atomic E-state index is 8.88. The summed E-state index contributed by atoms with van der Waals surface area (Å²) in [5, 5.41) is 13.0. The number of hydrogen-bond donors (Lipinski definition) is 0. The van der Waals surface area contributed by atoms with Crippen molar-refractivity contribution in [3.63, 3.8) is 0 Å². The lowest BCUT2D eigenvalue weighted by atomic mass is 10.2. The highest BCUT2D eigenvalue weighted by Crippen LogP contribution is 2.29. The van der Waals surface area contributed by atoms with Crippen molar-refractivity contribution in [2.75, 3.05) is 0 Å². The summed E-state index contributed by atoms with van der Waals surface area (Å²) in [6.07, 6.45) is 1.64. The minimum atomic E-state index is 0.317. The molecule has 0 aliphatic heterocycles. The van der Waals surface area contributed by atoms with Gasteiger partial charge in [-0.3, -0.25) is 0 Å². The van der Waals surface area contributed by atoms with Gasteiger partial charge in [-0.25, -0.2) is 0 Å². The van der Waals surface area contributed by atoms with Crippen LogP contribution in [0, 0.1) is 11.3 Å². The Labute approximate surface area is 199 Å². The van der Waals surface area contributed by atoms with Crippen molar-refractivity contribution in [2.24, 2.45) is 5.16 Å². The average Bonchev–Trinajstić information content (AvgIpc) is 2.91. The molecule has 4 aromatic carbocycles. The number of oxime groups is 1. The fraction of sp³-hybridized carbons (Fsp3) is 0.103. The molecule has 5 heteroatoms. The number of hydrogen-bond acceptors (Lipinski definition) is 5. The predicted molar refractivity (Wildman–Crippen MR) is 132 cm³/mol. The van der Waals surface area contributed by atoms with E-state index in [1.54, 1.807) is 18.3 Å². The highest BCUT2D eigenvalue weighted by molar-refractivity contribution is 5.80. The normalized spacial score (nSPS) is 10.6. The van der Waals surface area contributed by atoms with Crippen LogP contribution in [0.3, 0.4) is 0 Å². The van der Waals surface area contributed by atoms with Crippen molar-refractivity contribution >= 4 is 6.21 Å². The third-order valence-corrected chi connectivity index (χ3v) is 5.03. The van der Waals surface area contributed by atoms with E-state index in [1.807, 2.05) is 91.0 Å². The van der Waals surface area contributed by atoms with Gasteiger partial charge in [0.05, 0.1) is 17.8 Å². The molecule has 0 aliphatic carbocycles. The first-order valence-corrected chi connectivity index (χ1v) is 10.9. The Morgan fingerprint density at radius 1 is 0.647 bits per heavy atom. The van der Waals surface area contributed by atoms with E-state index in [4.69, 9.17) is 19.6 Å². The number of nitriles is 1. The lowest BCUT2D eigenvalue weighted by Gasteiger charge is -2.14. The van der Waals surface area contributed by atoms with E-state index in [0.717, 1.165) is 22.3 Å². The molecule has 0 heterocycles. The minimum absolute atomic E-state index is 0.317. The molecule has 0 amide bonds. The molecule has 168 valence electrons. The number of rotatable bonds is 10. The van der Waals surface area contributed by atoms with E-state index in [-0.39, 0.29) is 0 Å². The zero-order valence-electron chi connectivity index (χ0n) is 18.6. The highest BCUT2D eigenvalue weighted by Gasteiger charge is 2.08. The van der Waals surface area contributed by atoms with Gasteiger partial charge in [-0.05, 0) is 47.0 Å². The zero-order chi connectivity index (χ0) is 23.4. The standard InChI is InChI=1S/C29H24N2O3/c30-18-23-11-13-26(14-12-23)22-34-31-19-27-15-16-28(32-20-24-7-3-1-4-8-24)29(17-27)33-21-25-9-5-2-6-10-25/h1-17,19H,20-22H2/b31-19-. The Hall–Kier alpha value is -4.56. The van der Waals surface area contributed by atoms with E-state index in [1.165, 1.54) is 0 Å². The van der Waals surface area contributed by atoms with Crippen LogP contribution in [0.4, 0.5) is 0 Å². The van der Waals surface area contributed by atoms with Crippen molar-refractivity contribution in [1.29, 1.82) is 5.26 Å². The third kappa shape index (κ3) is 6.72. The summed E-state index contributed by atoms with van der Waals surface area (Å²) in [4.78, 5) is 5.42. The fourth-order valence-electron chi connectivity index (χ4n) is 3.19. The molecule has 4 aromatic rings. The molecule has 4 rings (SSSR count). The first kappa shape index (κ1) is 22.6. The Morgan fingerprint density at radius 3 is 1.85 bits per heavy atom. The van der Waals surface area contributed by atoms with Crippen molar-refractivity contribution < 1.29 is 14.3 Å². The molecule has 0 aromatic heterocycles. The van der Waals surface area contributed by atoms with Crippen molar-refractivity contribution in [2.45, 2.75) is 19.8 Å². The molecule has 0 saturated heterocycles. The average molecular weight is 449 g/mol. The molecule has 0 saturated carbocycles. The molecule has 0 unspecified atom stereocenters. The van der Waals surface area contributed by atoms with Gasteiger partial charge in [0.1, 0.15) is 19.8 Å². The summed E-state index contributed by atoms with van der Waals surface area (Å²) in [6.45, 7) is 1.19. The molecule has 0 bridgehead atoms. The van der Waals surface area contributed by atoms with Gasteiger partial charge in [-0.2, -0.15) is 5.26 Å². The van der Waals surface area contributed by atoms with Crippen LogP contribution in [0.1, 0.15) is 27.8 Å². The zero-order valence-corrected chi connectivity index (χ0v) is 18.6. The first-order valence-electron chi connectivity index (χ1n) is 10.9. The maximum Gasteiger partial charge on any atom is 0.162 e. The number of benzene rings is 4. The van der Waals surface area contributed by atoms with E-state index in [9.17, 15) is 0 Å². The van der Waals surface area contributed by atoms with E-state index in [2.05, 4.69) is 11.2 Å². The second-order valence-electron chi connectivity index (χ2n) is 7.57. The second-order valence-corrected chi connectivity index (χ2v) is 7.57. The minimum Gasteiger partial charge on any atom is -0.485 e. The van der Waals surface area contributed by atoms with E-state index in [0.29, 0.717) is 36.9 Å². The SMILES string of the molecule is N#Cc1ccc(CO/N=C\c2ccc(OCc3ccccc3)c(OCc3ccccc3)c2)cc1. The molecular formula is C29H24N2O3. The van der Waals surface area contributed by atoms with Crippen LogP contribution in [-0.4, -0.2) is 6.21 Å². The third-order valence-electron chi connectivity index (χ3n) is 5.03. The molecular weight excluding hydrogens is 424 g/mol. The summed E-state index contributed by atoms with van der Waals surface area (Å²) < 4.78 is 12.1. The number of ether oxygens (including phenoxy) is 2. The fourth-order valence-corrected chi connectivity index (χ4v) is 3.19. The molecule has 0 aliphatic rings. The number of nitrogens with zero attached hydrogens (tertiary/aromatic N) is 2. The van der Waals surface area contributed by atoms with Crippen molar-refractivity contribution in [3.8, 4) is 17.6 Å². The van der Waals surface area contributed by atoms with Crippen LogP contribution in [0.5, 0.6) is 11.5 Å². The molecule has 34 heavy (non-hydrogen) atoms. The summed E-state index contributed by atoms with van der Waals surface area (Å²) in [7, 11) is 0. The van der Waals surface area contributed by atoms with E-state index < -0.39 is 0 Å². The maximum atomic E-state index is 8.88. The Kier molecular flexibility index (Phi) is 7.91. The van der Waals surface area contributed by atoms with E-state index >= 15 is 0 Å². The van der Waals surface area contributed by atoms with Gasteiger partial charge in [0.2, 0.25) is 0 Å².